The molecule has 4 heteroatoms. The van der Waals surface area contributed by atoms with Crippen LogP contribution >= 0.6 is 0 Å². The number of aryl methyl sites for hydroxylation is 1. The lowest BCUT2D eigenvalue weighted by Gasteiger charge is -2.04. The second-order valence-electron chi connectivity index (χ2n) is 3.70. The molecule has 1 heterocycles. The zero-order chi connectivity index (χ0) is 10.3. The van der Waals surface area contributed by atoms with Gasteiger partial charge in [-0.3, -0.25) is 4.79 Å². The average Bonchev–Trinajstić information content (AvgIpc) is 2.46. The van der Waals surface area contributed by atoms with Gasteiger partial charge in [0.05, 0.1) is 0 Å². The molecule has 0 saturated heterocycles. The summed E-state index contributed by atoms with van der Waals surface area (Å²) >= 11 is 0. The van der Waals surface area contributed by atoms with Crippen molar-refractivity contribution in [3.8, 4) is 0 Å². The molecule has 1 aliphatic carbocycles. The van der Waals surface area contributed by atoms with Crippen LogP contribution in [0.2, 0.25) is 0 Å². The van der Waals surface area contributed by atoms with Crippen molar-refractivity contribution in [1.29, 1.82) is 0 Å². The van der Waals surface area contributed by atoms with Gasteiger partial charge in [-0.25, -0.2) is 4.79 Å². The Balaban J connectivity index is 2.62. The van der Waals surface area contributed by atoms with E-state index in [2.05, 4.69) is 4.98 Å². The van der Waals surface area contributed by atoms with Crippen LogP contribution in [0.1, 0.15) is 40.9 Å². The molecule has 2 rings (SSSR count). The Hall–Kier alpha value is -1.58. The van der Waals surface area contributed by atoms with E-state index < -0.39 is 11.5 Å². The number of rotatable bonds is 1. The minimum atomic E-state index is -1.16. The summed E-state index contributed by atoms with van der Waals surface area (Å²) in [6.45, 7) is 2.03. The highest BCUT2D eigenvalue weighted by Gasteiger charge is 2.22. The molecule has 4 nitrogen and oxygen atoms in total. The first-order chi connectivity index (χ1) is 6.59. The monoisotopic (exact) mass is 193 g/mol. The number of carboxylic acid groups (broad SMARTS) is 1. The Bertz CT molecular complexity index is 447. The van der Waals surface area contributed by atoms with Gasteiger partial charge in [-0.1, -0.05) is 6.92 Å². The Kier molecular flexibility index (Phi) is 1.91. The summed E-state index contributed by atoms with van der Waals surface area (Å²) in [5, 5.41) is 8.74. The van der Waals surface area contributed by atoms with Crippen LogP contribution in [0.15, 0.2) is 10.9 Å². The van der Waals surface area contributed by atoms with Crippen molar-refractivity contribution in [2.75, 3.05) is 0 Å². The Morgan fingerprint density at radius 1 is 1.64 bits per heavy atom. The second kappa shape index (κ2) is 2.97. The fourth-order valence-electron chi connectivity index (χ4n) is 1.91. The number of aromatic carboxylic acids is 1. The number of nitrogens with one attached hydrogen (secondary N) is 1. The van der Waals surface area contributed by atoms with Crippen LogP contribution in [-0.2, 0) is 6.42 Å². The summed E-state index contributed by atoms with van der Waals surface area (Å²) < 4.78 is 0. The van der Waals surface area contributed by atoms with Gasteiger partial charge < -0.3 is 10.1 Å². The van der Waals surface area contributed by atoms with Crippen LogP contribution in [0.3, 0.4) is 0 Å². The first-order valence-corrected chi connectivity index (χ1v) is 4.59. The number of H-pyrrole nitrogens is 1. The van der Waals surface area contributed by atoms with Crippen molar-refractivity contribution in [2.45, 2.75) is 25.7 Å². The summed E-state index contributed by atoms with van der Waals surface area (Å²) in [6, 6.07) is 1.50. The van der Waals surface area contributed by atoms with Crippen molar-refractivity contribution in [3.63, 3.8) is 0 Å². The summed E-state index contributed by atoms with van der Waals surface area (Å²) in [5.41, 5.74) is 1.22. The number of fused-ring (bicyclic) bond motifs is 1. The van der Waals surface area contributed by atoms with Gasteiger partial charge in [-0.2, -0.15) is 0 Å². The molecular formula is C10H11NO3. The molecule has 1 aromatic heterocycles. The van der Waals surface area contributed by atoms with Crippen molar-refractivity contribution in [3.05, 3.63) is 33.2 Å². The van der Waals surface area contributed by atoms with Gasteiger partial charge in [0.15, 0.2) is 0 Å². The van der Waals surface area contributed by atoms with E-state index in [4.69, 9.17) is 5.11 Å². The predicted molar refractivity (Wildman–Crippen MR) is 50.8 cm³/mol. The van der Waals surface area contributed by atoms with Crippen molar-refractivity contribution in [2.24, 2.45) is 0 Å². The van der Waals surface area contributed by atoms with E-state index in [9.17, 15) is 9.59 Å². The molecule has 74 valence electrons. The average molecular weight is 193 g/mol. The third-order valence-corrected chi connectivity index (χ3v) is 2.73. The maximum Gasteiger partial charge on any atom is 0.341 e. The van der Waals surface area contributed by atoms with Crippen LogP contribution < -0.4 is 5.56 Å². The quantitative estimate of drug-likeness (QED) is 0.702. The predicted octanol–water partition coefficient (Wildman–Crippen LogP) is 1.12. The van der Waals surface area contributed by atoms with Gasteiger partial charge in [0.1, 0.15) is 5.56 Å². The molecular weight excluding hydrogens is 182 g/mol. The summed E-state index contributed by atoms with van der Waals surface area (Å²) in [4.78, 5) is 24.7. The number of aromatic nitrogens is 1. The molecule has 0 amide bonds. The van der Waals surface area contributed by atoms with Crippen LogP contribution in [0, 0.1) is 0 Å². The molecule has 2 N–H and O–H groups in total. The molecule has 0 bridgehead atoms. The molecule has 1 unspecified atom stereocenters. The Morgan fingerprint density at radius 2 is 2.36 bits per heavy atom. The lowest BCUT2D eigenvalue weighted by Crippen LogP contribution is -2.19. The van der Waals surface area contributed by atoms with Gasteiger partial charge in [-0.05, 0) is 30.4 Å². The number of hydrogen-bond acceptors (Lipinski definition) is 2. The highest BCUT2D eigenvalue weighted by molar-refractivity contribution is 5.87. The van der Waals surface area contributed by atoms with E-state index in [0.717, 1.165) is 24.1 Å². The van der Waals surface area contributed by atoms with Crippen LogP contribution in [0.5, 0.6) is 0 Å². The lowest BCUT2D eigenvalue weighted by molar-refractivity contribution is 0.0695. The smallest absolute Gasteiger partial charge is 0.341 e. The molecule has 0 fully saturated rings. The van der Waals surface area contributed by atoms with E-state index >= 15 is 0 Å². The van der Waals surface area contributed by atoms with Crippen LogP contribution in [0.4, 0.5) is 0 Å². The van der Waals surface area contributed by atoms with E-state index in [0.29, 0.717) is 5.92 Å². The summed E-state index contributed by atoms with van der Waals surface area (Å²) in [5.74, 6) is -0.825. The molecule has 0 radical (unpaired) electrons. The lowest BCUT2D eigenvalue weighted by atomic mass is 10.1. The standard InChI is InChI=1S/C10H11NO3/c1-5-2-3-6-4-7(10(13)14)9(12)11-8(5)6/h4-5H,2-3H2,1H3,(H,11,12)(H,13,14). The SMILES string of the molecule is CC1CCc2cc(C(=O)O)c(=O)[nH]c21. The van der Waals surface area contributed by atoms with Crippen LogP contribution in [0.25, 0.3) is 0 Å². The molecule has 1 aliphatic rings. The molecule has 1 aromatic rings. The van der Waals surface area contributed by atoms with Gasteiger partial charge in [0.25, 0.3) is 5.56 Å². The van der Waals surface area contributed by atoms with E-state index in [1.807, 2.05) is 6.92 Å². The maximum atomic E-state index is 11.3. The fourth-order valence-corrected chi connectivity index (χ4v) is 1.91. The zero-order valence-corrected chi connectivity index (χ0v) is 7.83. The van der Waals surface area contributed by atoms with Crippen molar-refractivity contribution in [1.82, 2.24) is 4.98 Å². The minimum absolute atomic E-state index is 0.155. The number of aromatic amines is 1. The van der Waals surface area contributed by atoms with Gasteiger partial charge in [-0.15, -0.1) is 0 Å². The number of hydrogen-bond donors (Lipinski definition) is 2. The highest BCUT2D eigenvalue weighted by atomic mass is 16.4. The fraction of sp³-hybridized carbons (Fsp3) is 0.400. The summed E-state index contributed by atoms with van der Waals surface area (Å²) in [7, 11) is 0. The van der Waals surface area contributed by atoms with Crippen molar-refractivity contribution >= 4 is 5.97 Å². The first kappa shape index (κ1) is 8.99. The third-order valence-electron chi connectivity index (χ3n) is 2.73. The molecule has 0 aromatic carbocycles. The molecule has 1 atom stereocenters. The normalized spacial score (nSPS) is 19.4. The molecule has 0 spiro atoms. The second-order valence-corrected chi connectivity index (χ2v) is 3.70. The largest absolute Gasteiger partial charge is 0.477 e. The third kappa shape index (κ3) is 1.23. The summed E-state index contributed by atoms with van der Waals surface area (Å²) in [6.07, 6.45) is 1.84. The minimum Gasteiger partial charge on any atom is -0.477 e. The van der Waals surface area contributed by atoms with Gasteiger partial charge in [0.2, 0.25) is 0 Å². The zero-order valence-electron chi connectivity index (χ0n) is 7.83. The number of carboxylic acids is 1. The van der Waals surface area contributed by atoms with Gasteiger partial charge >= 0.3 is 5.97 Å². The highest BCUT2D eigenvalue weighted by Crippen LogP contribution is 2.29. The van der Waals surface area contributed by atoms with E-state index in [1.54, 1.807) is 0 Å². The van der Waals surface area contributed by atoms with Crippen molar-refractivity contribution < 1.29 is 9.90 Å². The Morgan fingerprint density at radius 3 is 3.00 bits per heavy atom. The Labute approximate surface area is 80.6 Å². The maximum absolute atomic E-state index is 11.3. The number of carbonyl (C=O) groups is 1. The van der Waals surface area contributed by atoms with E-state index in [-0.39, 0.29) is 5.56 Å². The van der Waals surface area contributed by atoms with E-state index in [1.165, 1.54) is 6.07 Å². The molecule has 0 saturated carbocycles. The topological polar surface area (TPSA) is 70.2 Å². The number of pyridine rings is 1. The molecule has 14 heavy (non-hydrogen) atoms. The first-order valence-electron chi connectivity index (χ1n) is 4.59. The molecule has 0 aliphatic heterocycles. The van der Waals surface area contributed by atoms with Gasteiger partial charge in [0, 0.05) is 5.69 Å². The van der Waals surface area contributed by atoms with Crippen LogP contribution in [-0.4, -0.2) is 16.1 Å².